The first-order chi connectivity index (χ1) is 7.70. The van der Waals surface area contributed by atoms with Crippen LogP contribution in [0.5, 0.6) is 0 Å². The maximum Gasteiger partial charge on any atom is 0.238 e. The summed E-state index contributed by atoms with van der Waals surface area (Å²) >= 11 is 3.31. The summed E-state index contributed by atoms with van der Waals surface area (Å²) in [6.07, 6.45) is 2.51. The fraction of sp³-hybridized carbons (Fsp3) is 0.273. The molecule has 0 spiro atoms. The second-order valence-electron chi connectivity index (χ2n) is 3.54. The van der Waals surface area contributed by atoms with Crippen LogP contribution in [0.4, 0.5) is 5.69 Å². The van der Waals surface area contributed by atoms with E-state index in [-0.39, 0.29) is 10.7 Å². The molecule has 1 aromatic heterocycles. The normalized spacial score (nSPS) is 12.6. The van der Waals surface area contributed by atoms with E-state index in [0.29, 0.717) is 0 Å². The van der Waals surface area contributed by atoms with Gasteiger partial charge in [-0.3, -0.25) is 9.89 Å². The van der Waals surface area contributed by atoms with E-state index in [1.54, 1.807) is 6.20 Å². The highest BCUT2D eigenvalue weighted by Crippen LogP contribution is 2.17. The van der Waals surface area contributed by atoms with Crippen molar-refractivity contribution in [3.8, 4) is 0 Å². The molecule has 1 heterocycles. The molecule has 0 aliphatic heterocycles. The Morgan fingerprint density at radius 3 is 3.19 bits per heavy atom. The lowest BCUT2D eigenvalue weighted by Gasteiger charge is -2.08. The molecule has 16 heavy (non-hydrogen) atoms. The highest BCUT2D eigenvalue weighted by Gasteiger charge is 2.12. The molecule has 1 amide bonds. The quantitative estimate of drug-likeness (QED) is 0.850. The first-order valence-corrected chi connectivity index (χ1v) is 6.00. The van der Waals surface area contributed by atoms with Crippen LogP contribution < -0.4 is 5.32 Å². The number of amides is 1. The molecule has 0 radical (unpaired) electrons. The number of alkyl halides is 1. The molecular formula is C11H12BrN3O. The molecule has 0 fully saturated rings. The van der Waals surface area contributed by atoms with Gasteiger partial charge in [0.05, 0.1) is 16.5 Å². The van der Waals surface area contributed by atoms with Crippen LogP contribution in [0.25, 0.3) is 10.9 Å². The van der Waals surface area contributed by atoms with E-state index in [1.807, 2.05) is 25.1 Å². The zero-order valence-corrected chi connectivity index (χ0v) is 10.4. The average Bonchev–Trinajstić information content (AvgIpc) is 2.75. The topological polar surface area (TPSA) is 57.8 Å². The molecule has 1 atom stereocenters. The number of carbonyl (C=O) groups is 1. The van der Waals surface area contributed by atoms with Crippen molar-refractivity contribution in [2.24, 2.45) is 0 Å². The number of nitrogens with zero attached hydrogens (tertiary/aromatic N) is 1. The van der Waals surface area contributed by atoms with Crippen LogP contribution in [0, 0.1) is 0 Å². The van der Waals surface area contributed by atoms with Crippen molar-refractivity contribution in [1.29, 1.82) is 0 Å². The van der Waals surface area contributed by atoms with E-state index in [4.69, 9.17) is 0 Å². The van der Waals surface area contributed by atoms with Gasteiger partial charge in [-0.1, -0.05) is 22.9 Å². The highest BCUT2D eigenvalue weighted by molar-refractivity contribution is 9.10. The summed E-state index contributed by atoms with van der Waals surface area (Å²) in [4.78, 5) is 11.5. The van der Waals surface area contributed by atoms with E-state index < -0.39 is 0 Å². The highest BCUT2D eigenvalue weighted by atomic mass is 79.9. The fourth-order valence-corrected chi connectivity index (χ4v) is 1.54. The minimum Gasteiger partial charge on any atom is -0.325 e. The summed E-state index contributed by atoms with van der Waals surface area (Å²) in [5, 5.41) is 10.7. The third kappa shape index (κ3) is 2.24. The van der Waals surface area contributed by atoms with Crippen LogP contribution in [-0.4, -0.2) is 20.9 Å². The van der Waals surface area contributed by atoms with Gasteiger partial charge in [0.1, 0.15) is 0 Å². The Labute approximate surface area is 102 Å². The number of aromatic nitrogens is 2. The van der Waals surface area contributed by atoms with Crippen LogP contribution in [0.1, 0.15) is 13.3 Å². The van der Waals surface area contributed by atoms with Gasteiger partial charge in [0.25, 0.3) is 0 Å². The van der Waals surface area contributed by atoms with Crippen LogP contribution >= 0.6 is 15.9 Å². The van der Waals surface area contributed by atoms with E-state index in [2.05, 4.69) is 31.4 Å². The number of H-pyrrole nitrogens is 1. The van der Waals surface area contributed by atoms with Crippen molar-refractivity contribution < 1.29 is 4.79 Å². The first kappa shape index (κ1) is 11.1. The summed E-state index contributed by atoms with van der Waals surface area (Å²) < 4.78 is 0. The number of rotatable bonds is 3. The summed E-state index contributed by atoms with van der Waals surface area (Å²) in [5.41, 5.74) is 1.69. The van der Waals surface area contributed by atoms with Gasteiger partial charge in [-0.2, -0.15) is 5.10 Å². The number of nitrogens with one attached hydrogen (secondary N) is 2. The van der Waals surface area contributed by atoms with Gasteiger partial charge in [-0.15, -0.1) is 0 Å². The van der Waals surface area contributed by atoms with Crippen molar-refractivity contribution in [1.82, 2.24) is 10.2 Å². The number of aromatic amines is 1. The molecule has 4 nitrogen and oxygen atoms in total. The Morgan fingerprint density at radius 2 is 2.44 bits per heavy atom. The van der Waals surface area contributed by atoms with Crippen molar-refractivity contribution >= 4 is 38.4 Å². The van der Waals surface area contributed by atoms with Crippen LogP contribution in [0.3, 0.4) is 0 Å². The standard InChI is InChI=1S/C11H12BrN3O/c1-2-9(12)11(16)14-8-4-3-7-6-13-15-10(7)5-8/h3-6,9H,2H2,1H3,(H,13,15)(H,14,16). The second-order valence-corrected chi connectivity index (χ2v) is 4.64. The van der Waals surface area contributed by atoms with Gasteiger partial charge in [-0.05, 0) is 24.6 Å². The zero-order valence-electron chi connectivity index (χ0n) is 8.83. The number of anilines is 1. The molecule has 0 bridgehead atoms. The van der Waals surface area contributed by atoms with E-state index in [0.717, 1.165) is 23.0 Å². The van der Waals surface area contributed by atoms with Gasteiger partial charge < -0.3 is 5.32 Å². The third-order valence-corrected chi connectivity index (χ3v) is 3.42. The number of carbonyl (C=O) groups excluding carboxylic acids is 1. The molecular weight excluding hydrogens is 270 g/mol. The monoisotopic (exact) mass is 281 g/mol. The summed E-state index contributed by atoms with van der Waals surface area (Å²) in [6.45, 7) is 1.96. The maximum absolute atomic E-state index is 11.6. The van der Waals surface area contributed by atoms with Gasteiger partial charge in [0, 0.05) is 11.1 Å². The van der Waals surface area contributed by atoms with Crippen molar-refractivity contribution in [3.05, 3.63) is 24.4 Å². The third-order valence-electron chi connectivity index (χ3n) is 2.35. The lowest BCUT2D eigenvalue weighted by atomic mass is 10.2. The minimum atomic E-state index is -0.148. The predicted octanol–water partition coefficient (Wildman–Crippen LogP) is 2.67. The van der Waals surface area contributed by atoms with Crippen LogP contribution in [0.2, 0.25) is 0 Å². The molecule has 0 aliphatic rings. The lowest BCUT2D eigenvalue weighted by molar-refractivity contribution is -0.115. The number of halogens is 1. The number of hydrogen-bond acceptors (Lipinski definition) is 2. The number of hydrogen-bond donors (Lipinski definition) is 2. The molecule has 2 aromatic rings. The van der Waals surface area contributed by atoms with E-state index >= 15 is 0 Å². The van der Waals surface area contributed by atoms with Gasteiger partial charge in [0.15, 0.2) is 0 Å². The zero-order chi connectivity index (χ0) is 11.5. The first-order valence-electron chi connectivity index (χ1n) is 5.08. The molecule has 5 heteroatoms. The lowest BCUT2D eigenvalue weighted by Crippen LogP contribution is -2.21. The molecule has 1 unspecified atom stereocenters. The Kier molecular flexibility index (Phi) is 3.24. The maximum atomic E-state index is 11.6. The van der Waals surface area contributed by atoms with Crippen molar-refractivity contribution in [3.63, 3.8) is 0 Å². The summed E-state index contributed by atoms with van der Waals surface area (Å²) in [5.74, 6) is -0.0265. The van der Waals surface area contributed by atoms with E-state index in [9.17, 15) is 4.79 Å². The smallest absolute Gasteiger partial charge is 0.238 e. The van der Waals surface area contributed by atoms with Crippen LogP contribution in [0.15, 0.2) is 24.4 Å². The second kappa shape index (κ2) is 4.65. The molecule has 2 rings (SSSR count). The molecule has 0 aliphatic carbocycles. The average molecular weight is 282 g/mol. The Hall–Kier alpha value is -1.36. The summed E-state index contributed by atoms with van der Waals surface area (Å²) in [6, 6.07) is 5.66. The predicted molar refractivity (Wildman–Crippen MR) is 67.7 cm³/mol. The molecule has 2 N–H and O–H groups in total. The van der Waals surface area contributed by atoms with Crippen LogP contribution in [-0.2, 0) is 4.79 Å². The Morgan fingerprint density at radius 1 is 1.62 bits per heavy atom. The summed E-state index contributed by atoms with van der Waals surface area (Å²) in [7, 11) is 0. The molecule has 0 saturated carbocycles. The number of fused-ring (bicyclic) bond motifs is 1. The fourth-order valence-electron chi connectivity index (χ4n) is 1.42. The number of benzene rings is 1. The van der Waals surface area contributed by atoms with Crippen molar-refractivity contribution in [2.75, 3.05) is 5.32 Å². The molecule has 84 valence electrons. The Bertz CT molecular complexity index is 509. The minimum absolute atomic E-state index is 0.0265. The van der Waals surface area contributed by atoms with Crippen molar-refractivity contribution in [2.45, 2.75) is 18.2 Å². The van der Waals surface area contributed by atoms with Gasteiger partial charge in [-0.25, -0.2) is 0 Å². The SMILES string of the molecule is CCC(Br)C(=O)Nc1ccc2cn[nH]c2c1. The van der Waals surface area contributed by atoms with Gasteiger partial charge >= 0.3 is 0 Å². The van der Waals surface area contributed by atoms with E-state index in [1.165, 1.54) is 0 Å². The van der Waals surface area contributed by atoms with Gasteiger partial charge in [0.2, 0.25) is 5.91 Å². The largest absolute Gasteiger partial charge is 0.325 e. The Balaban J connectivity index is 2.17. The molecule has 1 aromatic carbocycles. The molecule has 0 saturated heterocycles.